The second-order valence-corrected chi connectivity index (χ2v) is 5.59. The maximum absolute atomic E-state index is 13.8. The van der Waals surface area contributed by atoms with E-state index in [0.717, 1.165) is 0 Å². The van der Waals surface area contributed by atoms with Crippen LogP contribution in [0.25, 0.3) is 11.0 Å². The lowest BCUT2D eigenvalue weighted by atomic mass is 9.92. The minimum absolute atomic E-state index is 0.0868. The predicted molar refractivity (Wildman–Crippen MR) is 77.1 cm³/mol. The van der Waals surface area contributed by atoms with Gasteiger partial charge in [0.2, 0.25) is 5.91 Å². The molecule has 0 aliphatic heterocycles. The molecule has 0 aliphatic carbocycles. The molecule has 1 aromatic heterocycles. The van der Waals surface area contributed by atoms with Gasteiger partial charge < -0.3 is 9.88 Å². The van der Waals surface area contributed by atoms with Crippen LogP contribution in [0.4, 0.5) is 4.39 Å². The first kappa shape index (κ1) is 14.8. The summed E-state index contributed by atoms with van der Waals surface area (Å²) in [5.41, 5.74) is 0.295. The van der Waals surface area contributed by atoms with Gasteiger partial charge in [0.1, 0.15) is 11.3 Å². The monoisotopic (exact) mass is 297 g/mol. The minimum atomic E-state index is -0.643. The Hall–Kier alpha value is -1.62. The summed E-state index contributed by atoms with van der Waals surface area (Å²) in [6.07, 6.45) is 0. The first-order valence-corrected chi connectivity index (χ1v) is 6.86. The normalized spacial score (nSPS) is 11.8. The Labute approximate surface area is 121 Å². The van der Waals surface area contributed by atoms with Gasteiger partial charge >= 0.3 is 0 Å². The zero-order valence-electron chi connectivity index (χ0n) is 11.7. The van der Waals surface area contributed by atoms with Crippen LogP contribution in [0.2, 0.25) is 0 Å². The van der Waals surface area contributed by atoms with Crippen molar-refractivity contribution in [2.24, 2.45) is 5.41 Å². The highest BCUT2D eigenvalue weighted by Crippen LogP contribution is 2.26. The van der Waals surface area contributed by atoms with Gasteiger partial charge in [-0.3, -0.25) is 4.79 Å². The molecule has 108 valence electrons. The number of nitrogens with zero attached hydrogens (tertiary/aromatic N) is 2. The minimum Gasteiger partial charge on any atom is -0.359 e. The third-order valence-electron chi connectivity index (χ3n) is 3.32. The Morgan fingerprint density at radius 3 is 2.80 bits per heavy atom. The smallest absolute Gasteiger partial charge is 0.227 e. The van der Waals surface area contributed by atoms with Crippen LogP contribution < -0.4 is 5.32 Å². The number of amides is 1. The summed E-state index contributed by atoms with van der Waals surface area (Å²) in [6.45, 7) is 4.04. The fourth-order valence-corrected chi connectivity index (χ4v) is 2.45. The molecular weight excluding hydrogens is 281 g/mol. The number of para-hydroxylation sites is 1. The van der Waals surface area contributed by atoms with E-state index in [0.29, 0.717) is 17.9 Å². The Balaban J connectivity index is 2.53. The molecule has 1 amide bonds. The second kappa shape index (κ2) is 5.40. The highest BCUT2D eigenvalue weighted by molar-refractivity contribution is 6.16. The van der Waals surface area contributed by atoms with Crippen molar-refractivity contribution in [3.8, 4) is 0 Å². The van der Waals surface area contributed by atoms with E-state index in [1.807, 2.05) is 13.8 Å². The van der Waals surface area contributed by atoms with E-state index >= 15 is 0 Å². The zero-order valence-corrected chi connectivity index (χ0v) is 12.5. The summed E-state index contributed by atoms with van der Waals surface area (Å²) in [4.78, 5) is 16.1. The van der Waals surface area contributed by atoms with Crippen LogP contribution in [0.3, 0.4) is 0 Å². The zero-order chi connectivity index (χ0) is 14.9. The number of hydrogen-bond acceptors (Lipinski definition) is 2. The molecule has 2 aromatic rings. The van der Waals surface area contributed by atoms with E-state index in [-0.39, 0.29) is 23.1 Å². The van der Waals surface area contributed by atoms with Crippen LogP contribution in [0.15, 0.2) is 18.2 Å². The summed E-state index contributed by atoms with van der Waals surface area (Å²) in [5, 5.41) is 2.63. The molecule has 0 radical (unpaired) electrons. The molecule has 0 fully saturated rings. The quantitative estimate of drug-likeness (QED) is 0.882. The topological polar surface area (TPSA) is 46.9 Å². The lowest BCUT2D eigenvalue weighted by Crippen LogP contribution is -2.38. The largest absolute Gasteiger partial charge is 0.359 e. The van der Waals surface area contributed by atoms with Gasteiger partial charge in [-0.25, -0.2) is 9.37 Å². The van der Waals surface area contributed by atoms with Crippen LogP contribution in [0, 0.1) is 11.2 Å². The summed E-state index contributed by atoms with van der Waals surface area (Å²) in [6, 6.07) is 4.77. The number of alkyl halides is 1. The molecule has 1 heterocycles. The Morgan fingerprint density at radius 1 is 1.50 bits per heavy atom. The average molecular weight is 298 g/mol. The average Bonchev–Trinajstić information content (AvgIpc) is 2.77. The maximum atomic E-state index is 13.8. The summed E-state index contributed by atoms with van der Waals surface area (Å²) < 4.78 is 15.6. The number of rotatable bonds is 4. The molecular formula is C14H17ClFN3O. The number of carbonyl (C=O) groups excluding carboxylic acids is 1. The van der Waals surface area contributed by atoms with E-state index in [4.69, 9.17) is 11.6 Å². The lowest BCUT2D eigenvalue weighted by Gasteiger charge is -2.24. The van der Waals surface area contributed by atoms with Gasteiger partial charge in [-0.1, -0.05) is 6.07 Å². The Kier molecular flexibility index (Phi) is 3.99. The van der Waals surface area contributed by atoms with Crippen molar-refractivity contribution in [1.29, 1.82) is 0 Å². The van der Waals surface area contributed by atoms with E-state index in [2.05, 4.69) is 10.3 Å². The third kappa shape index (κ3) is 2.50. The first-order valence-electron chi connectivity index (χ1n) is 6.32. The number of benzene rings is 1. The summed E-state index contributed by atoms with van der Waals surface area (Å²) in [7, 11) is 1.60. The number of carbonyl (C=O) groups is 1. The highest BCUT2D eigenvalue weighted by atomic mass is 35.5. The predicted octanol–water partition coefficient (Wildman–Crippen LogP) is 2.69. The molecule has 0 spiro atoms. The van der Waals surface area contributed by atoms with Gasteiger partial charge in [-0.05, 0) is 26.0 Å². The van der Waals surface area contributed by atoms with Crippen molar-refractivity contribution < 1.29 is 9.18 Å². The van der Waals surface area contributed by atoms with Crippen molar-refractivity contribution in [1.82, 2.24) is 14.9 Å². The number of halogens is 2. The third-order valence-corrected chi connectivity index (χ3v) is 3.56. The number of aromatic nitrogens is 2. The first-order chi connectivity index (χ1) is 9.40. The SMILES string of the molecule is CNC(=O)C(C)(C)Cn1c(CCl)nc2c(F)cccc21. The van der Waals surface area contributed by atoms with Crippen molar-refractivity contribution >= 4 is 28.5 Å². The van der Waals surface area contributed by atoms with Gasteiger partial charge in [-0.15, -0.1) is 11.6 Å². The van der Waals surface area contributed by atoms with Gasteiger partial charge in [0.25, 0.3) is 0 Å². The van der Waals surface area contributed by atoms with Crippen molar-refractivity contribution in [3.05, 3.63) is 29.8 Å². The van der Waals surface area contributed by atoms with Crippen molar-refractivity contribution in [2.45, 2.75) is 26.3 Å². The molecule has 0 saturated heterocycles. The second-order valence-electron chi connectivity index (χ2n) is 5.32. The van der Waals surface area contributed by atoms with Crippen LogP contribution in [-0.2, 0) is 17.2 Å². The number of imidazole rings is 1. The standard InChI is InChI=1S/C14H17ClFN3O/c1-14(2,13(20)17-3)8-19-10-6-4-5-9(16)12(10)18-11(19)7-15/h4-6H,7-8H2,1-3H3,(H,17,20). The number of fused-ring (bicyclic) bond motifs is 1. The molecule has 1 N–H and O–H groups in total. The molecule has 6 heteroatoms. The van der Waals surface area contributed by atoms with E-state index in [1.54, 1.807) is 23.7 Å². The van der Waals surface area contributed by atoms with Crippen molar-refractivity contribution in [2.75, 3.05) is 7.05 Å². The molecule has 0 bridgehead atoms. The molecule has 0 saturated carbocycles. The van der Waals surface area contributed by atoms with E-state index in [1.165, 1.54) is 6.07 Å². The van der Waals surface area contributed by atoms with Gasteiger partial charge in [0, 0.05) is 13.6 Å². The molecule has 2 rings (SSSR count). The fraction of sp³-hybridized carbons (Fsp3) is 0.429. The van der Waals surface area contributed by atoms with Gasteiger partial charge in [0.15, 0.2) is 5.82 Å². The molecule has 0 atom stereocenters. The lowest BCUT2D eigenvalue weighted by molar-refractivity contribution is -0.129. The molecule has 4 nitrogen and oxygen atoms in total. The maximum Gasteiger partial charge on any atom is 0.227 e. The summed E-state index contributed by atoms with van der Waals surface area (Å²) in [5.74, 6) is 0.253. The van der Waals surface area contributed by atoms with E-state index < -0.39 is 5.41 Å². The number of hydrogen-bond donors (Lipinski definition) is 1. The molecule has 0 aliphatic rings. The van der Waals surface area contributed by atoms with Crippen LogP contribution in [0.1, 0.15) is 19.7 Å². The van der Waals surface area contributed by atoms with Crippen molar-refractivity contribution in [3.63, 3.8) is 0 Å². The van der Waals surface area contributed by atoms with Crippen LogP contribution >= 0.6 is 11.6 Å². The van der Waals surface area contributed by atoms with Crippen LogP contribution in [-0.4, -0.2) is 22.5 Å². The fourth-order valence-electron chi connectivity index (χ4n) is 2.24. The van der Waals surface area contributed by atoms with E-state index in [9.17, 15) is 9.18 Å². The number of nitrogens with one attached hydrogen (secondary N) is 1. The summed E-state index contributed by atoms with van der Waals surface area (Å²) >= 11 is 5.89. The Bertz CT molecular complexity index is 651. The van der Waals surface area contributed by atoms with Gasteiger partial charge in [-0.2, -0.15) is 0 Å². The van der Waals surface area contributed by atoms with Crippen LogP contribution in [0.5, 0.6) is 0 Å². The molecule has 1 aromatic carbocycles. The Morgan fingerprint density at radius 2 is 2.20 bits per heavy atom. The molecule has 0 unspecified atom stereocenters. The molecule has 20 heavy (non-hydrogen) atoms. The van der Waals surface area contributed by atoms with Gasteiger partial charge in [0.05, 0.1) is 16.8 Å². The highest BCUT2D eigenvalue weighted by Gasteiger charge is 2.29.